The fourth-order valence-corrected chi connectivity index (χ4v) is 0.838. The predicted molar refractivity (Wildman–Crippen MR) is 31.3 cm³/mol. The molecule has 1 N–H and O–H groups in total. The second kappa shape index (κ2) is 1.99. The maximum absolute atomic E-state index is 10.6. The molecule has 0 aromatic heterocycles. The van der Waals surface area contributed by atoms with E-state index in [1.165, 1.54) is 0 Å². The molecule has 1 atom stereocenters. The minimum Gasteiger partial charge on any atom is -0.356 e. The van der Waals surface area contributed by atoms with Crippen LogP contribution in [0.2, 0.25) is 0 Å². The number of carbonyl (C=O) groups is 1. The topological polar surface area (TPSA) is 29.1 Å². The molecule has 1 fully saturated rings. The molecule has 0 bridgehead atoms. The molecular weight excluding hydrogens is 102 g/mol. The summed E-state index contributed by atoms with van der Waals surface area (Å²) in [5.74, 6) is 0.204. The largest absolute Gasteiger partial charge is 0.356 e. The molecule has 2 heteroatoms. The SMILES string of the molecule is C=CC1CCNC1=O. The smallest absolute Gasteiger partial charge is 0.226 e. The van der Waals surface area contributed by atoms with Crippen molar-refractivity contribution in [1.29, 1.82) is 0 Å². The summed E-state index contributed by atoms with van der Waals surface area (Å²) in [7, 11) is 0. The van der Waals surface area contributed by atoms with Crippen LogP contribution < -0.4 is 5.32 Å². The Kier molecular flexibility index (Phi) is 1.33. The molecule has 0 spiro atoms. The molecule has 1 amide bonds. The molecule has 2 nitrogen and oxygen atoms in total. The third-order valence-electron chi connectivity index (χ3n) is 1.38. The van der Waals surface area contributed by atoms with E-state index in [4.69, 9.17) is 0 Å². The first-order valence-corrected chi connectivity index (χ1v) is 2.75. The predicted octanol–water partition coefficient (Wildman–Crippen LogP) is 0.309. The lowest BCUT2D eigenvalue weighted by atomic mass is 10.1. The van der Waals surface area contributed by atoms with Gasteiger partial charge in [0.2, 0.25) is 5.91 Å². The van der Waals surface area contributed by atoms with Crippen LogP contribution in [0.15, 0.2) is 12.7 Å². The van der Waals surface area contributed by atoms with Gasteiger partial charge < -0.3 is 5.32 Å². The van der Waals surface area contributed by atoms with Gasteiger partial charge in [-0.05, 0) is 6.42 Å². The second-order valence-electron chi connectivity index (χ2n) is 1.92. The summed E-state index contributed by atoms with van der Waals surface area (Å²) in [4.78, 5) is 10.6. The number of hydrogen-bond acceptors (Lipinski definition) is 1. The van der Waals surface area contributed by atoms with Gasteiger partial charge in [0.1, 0.15) is 0 Å². The average Bonchev–Trinajstić information content (AvgIpc) is 2.14. The Bertz CT molecular complexity index is 120. The van der Waals surface area contributed by atoms with Crippen molar-refractivity contribution in [1.82, 2.24) is 5.32 Å². The molecular formula is C6H9NO. The first-order chi connectivity index (χ1) is 3.84. The summed E-state index contributed by atoms with van der Waals surface area (Å²) in [6.45, 7) is 4.35. The highest BCUT2D eigenvalue weighted by Gasteiger charge is 2.19. The molecule has 0 aliphatic carbocycles. The highest BCUT2D eigenvalue weighted by atomic mass is 16.2. The van der Waals surface area contributed by atoms with Crippen molar-refractivity contribution in [2.45, 2.75) is 6.42 Å². The first kappa shape index (κ1) is 5.35. The molecule has 0 aromatic rings. The Morgan fingerprint density at radius 3 is 2.88 bits per heavy atom. The van der Waals surface area contributed by atoms with E-state index in [2.05, 4.69) is 11.9 Å². The van der Waals surface area contributed by atoms with Crippen molar-refractivity contribution in [3.8, 4) is 0 Å². The van der Waals surface area contributed by atoms with Crippen LogP contribution in [0.25, 0.3) is 0 Å². The molecule has 1 rings (SSSR count). The second-order valence-corrected chi connectivity index (χ2v) is 1.92. The highest BCUT2D eigenvalue weighted by Crippen LogP contribution is 2.08. The van der Waals surface area contributed by atoms with E-state index >= 15 is 0 Å². The molecule has 1 heterocycles. The molecule has 0 radical (unpaired) electrons. The van der Waals surface area contributed by atoms with Gasteiger partial charge in [0.15, 0.2) is 0 Å². The normalized spacial score (nSPS) is 27.5. The molecule has 8 heavy (non-hydrogen) atoms. The van der Waals surface area contributed by atoms with Crippen molar-refractivity contribution < 1.29 is 4.79 Å². The zero-order valence-corrected chi connectivity index (χ0v) is 4.68. The Hall–Kier alpha value is -0.790. The minimum absolute atomic E-state index is 0.0787. The van der Waals surface area contributed by atoms with Gasteiger partial charge in [-0.3, -0.25) is 4.79 Å². The fourth-order valence-electron chi connectivity index (χ4n) is 0.838. The number of carbonyl (C=O) groups excluding carboxylic acids is 1. The zero-order chi connectivity index (χ0) is 5.98. The quantitative estimate of drug-likeness (QED) is 0.485. The number of rotatable bonds is 1. The van der Waals surface area contributed by atoms with Crippen molar-refractivity contribution >= 4 is 5.91 Å². The van der Waals surface area contributed by atoms with Gasteiger partial charge in [-0.2, -0.15) is 0 Å². The van der Waals surface area contributed by atoms with E-state index in [0.29, 0.717) is 0 Å². The third kappa shape index (κ3) is 0.735. The van der Waals surface area contributed by atoms with Gasteiger partial charge in [0.05, 0.1) is 5.92 Å². The van der Waals surface area contributed by atoms with Crippen LogP contribution in [0.1, 0.15) is 6.42 Å². The fraction of sp³-hybridized carbons (Fsp3) is 0.500. The molecule has 44 valence electrons. The van der Waals surface area contributed by atoms with E-state index in [9.17, 15) is 4.79 Å². The monoisotopic (exact) mass is 111 g/mol. The summed E-state index contributed by atoms with van der Waals surface area (Å²) >= 11 is 0. The molecule has 1 unspecified atom stereocenters. The van der Waals surface area contributed by atoms with Crippen LogP contribution in [-0.2, 0) is 4.79 Å². The molecule has 1 aliphatic heterocycles. The lowest BCUT2D eigenvalue weighted by Gasteiger charge is -1.93. The third-order valence-corrected chi connectivity index (χ3v) is 1.38. The summed E-state index contributed by atoms with van der Waals surface area (Å²) in [5.41, 5.74) is 0. The van der Waals surface area contributed by atoms with Crippen molar-refractivity contribution in [2.75, 3.05) is 6.54 Å². The summed E-state index contributed by atoms with van der Waals surface area (Å²) in [6, 6.07) is 0. The number of nitrogens with one attached hydrogen (secondary N) is 1. The molecule has 0 aromatic carbocycles. The van der Waals surface area contributed by atoms with Crippen LogP contribution in [0.3, 0.4) is 0 Å². The van der Waals surface area contributed by atoms with Gasteiger partial charge in [0, 0.05) is 6.54 Å². The van der Waals surface area contributed by atoms with E-state index in [1.807, 2.05) is 0 Å². The van der Waals surface area contributed by atoms with Crippen LogP contribution in [0.4, 0.5) is 0 Å². The van der Waals surface area contributed by atoms with Gasteiger partial charge in [0.25, 0.3) is 0 Å². The summed E-state index contributed by atoms with van der Waals surface area (Å²) < 4.78 is 0. The van der Waals surface area contributed by atoms with Crippen LogP contribution in [0, 0.1) is 5.92 Å². The van der Waals surface area contributed by atoms with Crippen LogP contribution >= 0.6 is 0 Å². The van der Waals surface area contributed by atoms with Gasteiger partial charge in [-0.25, -0.2) is 0 Å². The van der Waals surface area contributed by atoms with Crippen molar-refractivity contribution in [3.05, 3.63) is 12.7 Å². The van der Waals surface area contributed by atoms with Gasteiger partial charge >= 0.3 is 0 Å². The van der Waals surface area contributed by atoms with Crippen LogP contribution in [-0.4, -0.2) is 12.5 Å². The molecule has 1 aliphatic rings. The van der Waals surface area contributed by atoms with E-state index < -0.39 is 0 Å². The summed E-state index contributed by atoms with van der Waals surface area (Å²) in [6.07, 6.45) is 2.62. The molecule has 1 saturated heterocycles. The Balaban J connectivity index is 2.54. The number of hydrogen-bond donors (Lipinski definition) is 1. The lowest BCUT2D eigenvalue weighted by Crippen LogP contribution is -2.17. The Labute approximate surface area is 48.6 Å². The Morgan fingerprint density at radius 1 is 1.88 bits per heavy atom. The maximum Gasteiger partial charge on any atom is 0.226 e. The van der Waals surface area contributed by atoms with E-state index in [0.717, 1.165) is 13.0 Å². The standard InChI is InChI=1S/C6H9NO/c1-2-5-3-4-7-6(5)8/h2,5H,1,3-4H2,(H,7,8). The van der Waals surface area contributed by atoms with Gasteiger partial charge in [-0.1, -0.05) is 6.08 Å². The van der Waals surface area contributed by atoms with E-state index in [1.54, 1.807) is 6.08 Å². The maximum atomic E-state index is 10.6. The van der Waals surface area contributed by atoms with E-state index in [-0.39, 0.29) is 11.8 Å². The first-order valence-electron chi connectivity index (χ1n) is 2.75. The van der Waals surface area contributed by atoms with Crippen LogP contribution in [0.5, 0.6) is 0 Å². The summed E-state index contributed by atoms with van der Waals surface area (Å²) in [5, 5.41) is 2.71. The van der Waals surface area contributed by atoms with Gasteiger partial charge in [-0.15, -0.1) is 6.58 Å². The zero-order valence-electron chi connectivity index (χ0n) is 4.68. The lowest BCUT2D eigenvalue weighted by molar-refractivity contribution is -0.121. The van der Waals surface area contributed by atoms with Crippen molar-refractivity contribution in [2.24, 2.45) is 5.92 Å². The minimum atomic E-state index is 0.0787. The van der Waals surface area contributed by atoms with Crippen molar-refractivity contribution in [3.63, 3.8) is 0 Å². The Morgan fingerprint density at radius 2 is 2.62 bits per heavy atom. The highest BCUT2D eigenvalue weighted by molar-refractivity contribution is 5.82. The molecule has 0 saturated carbocycles. The average molecular weight is 111 g/mol. The number of amides is 1.